The van der Waals surface area contributed by atoms with E-state index in [0.29, 0.717) is 28.3 Å². The Morgan fingerprint density at radius 1 is 0.645 bits per heavy atom. The molecule has 4 heteroatoms. The van der Waals surface area contributed by atoms with Crippen molar-refractivity contribution in [3.8, 4) is 17.6 Å². The van der Waals surface area contributed by atoms with Gasteiger partial charge in [0.05, 0.1) is 12.7 Å². The normalized spacial score (nSPS) is 10.6. The van der Waals surface area contributed by atoms with Crippen LogP contribution in [0.1, 0.15) is 22.3 Å². The Bertz CT molecular complexity index is 1300. The third kappa shape index (κ3) is 4.90. The van der Waals surface area contributed by atoms with Crippen LogP contribution in [0.3, 0.4) is 0 Å². The molecule has 31 heavy (non-hydrogen) atoms. The van der Waals surface area contributed by atoms with Crippen LogP contribution in [0.4, 0.5) is 13.2 Å². The van der Waals surface area contributed by atoms with E-state index in [1.54, 1.807) is 31.4 Å². The SMILES string of the molecule is COc1ccc(CCc2ccc(C#Cc3ccc4cc(F)c(F)cc4c3)c(F)c2)cc1. The molecular formula is C27H19F3O. The van der Waals surface area contributed by atoms with Crippen LogP contribution in [0.25, 0.3) is 10.8 Å². The standard InChI is InChI=1S/C27H19F3O/c1-31-24-12-7-18(8-13-24)2-3-20-5-10-21(25(28)15-20)9-4-19-6-11-22-16-26(29)27(30)17-23(22)14-19/h5-8,10-17H,2-3H2,1H3. The molecule has 0 aliphatic rings. The second-order valence-corrected chi connectivity index (χ2v) is 7.24. The van der Waals surface area contributed by atoms with Gasteiger partial charge in [-0.2, -0.15) is 0 Å². The van der Waals surface area contributed by atoms with Gasteiger partial charge in [0.2, 0.25) is 0 Å². The summed E-state index contributed by atoms with van der Waals surface area (Å²) in [4.78, 5) is 0. The molecule has 0 radical (unpaired) electrons. The molecular weight excluding hydrogens is 397 g/mol. The molecule has 0 aliphatic heterocycles. The quantitative estimate of drug-likeness (QED) is 0.347. The van der Waals surface area contributed by atoms with Crippen molar-refractivity contribution in [3.05, 3.63) is 113 Å². The first-order chi connectivity index (χ1) is 15.0. The number of hydrogen-bond acceptors (Lipinski definition) is 1. The molecule has 0 saturated heterocycles. The van der Waals surface area contributed by atoms with Gasteiger partial charge in [0, 0.05) is 5.56 Å². The molecule has 0 aliphatic carbocycles. The molecule has 0 fully saturated rings. The molecule has 0 heterocycles. The monoisotopic (exact) mass is 416 g/mol. The van der Waals surface area contributed by atoms with Crippen LogP contribution >= 0.6 is 0 Å². The Morgan fingerprint density at radius 2 is 1.32 bits per heavy atom. The summed E-state index contributed by atoms with van der Waals surface area (Å²) in [6, 6.07) is 20.2. The van der Waals surface area contributed by atoms with Gasteiger partial charge in [-0.05, 0) is 83.3 Å². The maximum Gasteiger partial charge on any atom is 0.159 e. The van der Waals surface area contributed by atoms with Crippen LogP contribution in [-0.2, 0) is 12.8 Å². The van der Waals surface area contributed by atoms with Crippen LogP contribution < -0.4 is 4.74 Å². The van der Waals surface area contributed by atoms with Gasteiger partial charge in [0.25, 0.3) is 0 Å². The number of benzene rings is 4. The van der Waals surface area contributed by atoms with Gasteiger partial charge >= 0.3 is 0 Å². The van der Waals surface area contributed by atoms with Gasteiger partial charge < -0.3 is 4.74 Å². The summed E-state index contributed by atoms with van der Waals surface area (Å²) in [5.41, 5.74) is 2.93. The van der Waals surface area contributed by atoms with E-state index in [2.05, 4.69) is 11.8 Å². The number of ether oxygens (including phenoxy) is 1. The van der Waals surface area contributed by atoms with Gasteiger partial charge in [-0.3, -0.25) is 0 Å². The van der Waals surface area contributed by atoms with Gasteiger partial charge in [-0.1, -0.05) is 36.1 Å². The summed E-state index contributed by atoms with van der Waals surface area (Å²) in [7, 11) is 1.63. The van der Waals surface area contributed by atoms with E-state index >= 15 is 0 Å². The molecule has 0 amide bonds. The molecule has 0 unspecified atom stereocenters. The lowest BCUT2D eigenvalue weighted by molar-refractivity contribution is 0.414. The molecule has 154 valence electrons. The van der Waals surface area contributed by atoms with E-state index in [1.165, 1.54) is 6.07 Å². The number of fused-ring (bicyclic) bond motifs is 1. The highest BCUT2D eigenvalue weighted by atomic mass is 19.2. The van der Waals surface area contributed by atoms with Crippen molar-refractivity contribution in [2.45, 2.75) is 12.8 Å². The zero-order valence-electron chi connectivity index (χ0n) is 16.9. The average molecular weight is 416 g/mol. The predicted molar refractivity (Wildman–Crippen MR) is 117 cm³/mol. The van der Waals surface area contributed by atoms with Gasteiger partial charge in [0.15, 0.2) is 11.6 Å². The van der Waals surface area contributed by atoms with E-state index in [1.807, 2.05) is 30.3 Å². The van der Waals surface area contributed by atoms with Crippen molar-refractivity contribution in [2.24, 2.45) is 0 Å². The summed E-state index contributed by atoms with van der Waals surface area (Å²) in [6.07, 6.45) is 1.51. The topological polar surface area (TPSA) is 9.23 Å². The van der Waals surface area contributed by atoms with Crippen molar-refractivity contribution in [1.82, 2.24) is 0 Å². The predicted octanol–water partition coefficient (Wildman–Crippen LogP) is 6.45. The smallest absolute Gasteiger partial charge is 0.159 e. The van der Waals surface area contributed by atoms with Crippen molar-refractivity contribution < 1.29 is 17.9 Å². The third-order valence-corrected chi connectivity index (χ3v) is 5.12. The summed E-state index contributed by atoms with van der Waals surface area (Å²) in [5, 5.41) is 1.12. The minimum Gasteiger partial charge on any atom is -0.497 e. The molecule has 0 saturated carbocycles. The first-order valence-electron chi connectivity index (χ1n) is 9.84. The Labute approximate surface area is 179 Å². The Morgan fingerprint density at radius 3 is 2.03 bits per heavy atom. The molecule has 4 aromatic carbocycles. The van der Waals surface area contributed by atoms with Crippen LogP contribution in [0.15, 0.2) is 72.8 Å². The first-order valence-corrected chi connectivity index (χ1v) is 9.84. The zero-order chi connectivity index (χ0) is 21.8. The van der Waals surface area contributed by atoms with Crippen LogP contribution in [0.2, 0.25) is 0 Å². The van der Waals surface area contributed by atoms with Gasteiger partial charge in [-0.15, -0.1) is 0 Å². The average Bonchev–Trinajstić information content (AvgIpc) is 2.78. The van der Waals surface area contributed by atoms with Crippen molar-refractivity contribution >= 4 is 10.8 Å². The van der Waals surface area contributed by atoms with Crippen LogP contribution in [0.5, 0.6) is 5.75 Å². The highest BCUT2D eigenvalue weighted by Crippen LogP contribution is 2.20. The fourth-order valence-corrected chi connectivity index (χ4v) is 3.36. The summed E-state index contributed by atoms with van der Waals surface area (Å²) in [5.74, 6) is 4.35. The zero-order valence-corrected chi connectivity index (χ0v) is 16.9. The summed E-state index contributed by atoms with van der Waals surface area (Å²) in [6.45, 7) is 0. The molecule has 4 rings (SSSR count). The van der Waals surface area contributed by atoms with E-state index < -0.39 is 11.6 Å². The second-order valence-electron chi connectivity index (χ2n) is 7.24. The fourth-order valence-electron chi connectivity index (χ4n) is 3.36. The molecule has 0 bridgehead atoms. The largest absolute Gasteiger partial charge is 0.497 e. The minimum absolute atomic E-state index is 0.290. The highest BCUT2D eigenvalue weighted by molar-refractivity contribution is 5.84. The van der Waals surface area contributed by atoms with E-state index in [4.69, 9.17) is 4.74 Å². The molecule has 0 N–H and O–H groups in total. The van der Waals surface area contributed by atoms with E-state index in [-0.39, 0.29) is 5.82 Å². The Kier molecular flexibility index (Phi) is 5.95. The number of rotatable bonds is 4. The lowest BCUT2D eigenvalue weighted by Crippen LogP contribution is -1.94. The number of hydrogen-bond donors (Lipinski definition) is 0. The molecule has 4 aromatic rings. The van der Waals surface area contributed by atoms with Gasteiger partial charge in [-0.25, -0.2) is 13.2 Å². The van der Waals surface area contributed by atoms with Gasteiger partial charge in [0.1, 0.15) is 11.6 Å². The maximum absolute atomic E-state index is 14.5. The Balaban J connectivity index is 1.48. The molecule has 0 atom stereocenters. The van der Waals surface area contributed by atoms with Crippen LogP contribution in [0, 0.1) is 29.3 Å². The first kappa shape index (κ1) is 20.6. The van der Waals surface area contributed by atoms with E-state index in [0.717, 1.165) is 35.4 Å². The molecule has 0 spiro atoms. The minimum atomic E-state index is -0.908. The third-order valence-electron chi connectivity index (χ3n) is 5.12. The van der Waals surface area contributed by atoms with Crippen molar-refractivity contribution in [3.63, 3.8) is 0 Å². The number of methoxy groups -OCH3 is 1. The molecule has 1 nitrogen and oxygen atoms in total. The van der Waals surface area contributed by atoms with Crippen LogP contribution in [-0.4, -0.2) is 7.11 Å². The molecule has 0 aromatic heterocycles. The van der Waals surface area contributed by atoms with E-state index in [9.17, 15) is 13.2 Å². The number of halogens is 3. The second kappa shape index (κ2) is 8.97. The summed E-state index contributed by atoms with van der Waals surface area (Å²) >= 11 is 0. The highest BCUT2D eigenvalue weighted by Gasteiger charge is 2.05. The van der Waals surface area contributed by atoms with Crippen molar-refractivity contribution in [2.75, 3.05) is 7.11 Å². The number of aryl methyl sites for hydroxylation is 2. The lowest BCUT2D eigenvalue weighted by Gasteiger charge is -2.05. The van der Waals surface area contributed by atoms with Crippen molar-refractivity contribution in [1.29, 1.82) is 0 Å². The maximum atomic E-state index is 14.5. The fraction of sp³-hybridized carbons (Fsp3) is 0.111. The lowest BCUT2D eigenvalue weighted by atomic mass is 10.0. The summed E-state index contributed by atoms with van der Waals surface area (Å²) < 4.78 is 46.5. The Hall–Kier alpha value is -3.71.